The van der Waals surface area contributed by atoms with Crippen LogP contribution in [0.25, 0.3) is 0 Å². The van der Waals surface area contributed by atoms with Gasteiger partial charge in [-0.2, -0.15) is 0 Å². The van der Waals surface area contributed by atoms with Crippen molar-refractivity contribution in [2.24, 2.45) is 5.73 Å². The molecule has 1 unspecified atom stereocenters. The topological polar surface area (TPSA) is 29.3 Å². The smallest absolute Gasteiger partial charge is 0.0396 e. The molecular formula is C15H26N2. The Morgan fingerprint density at radius 2 is 1.94 bits per heavy atom. The van der Waals surface area contributed by atoms with E-state index in [2.05, 4.69) is 50.1 Å². The highest BCUT2D eigenvalue weighted by Crippen LogP contribution is 2.20. The highest BCUT2D eigenvalue weighted by Gasteiger charge is 2.07. The average Bonchev–Trinajstić information content (AvgIpc) is 2.29. The summed E-state index contributed by atoms with van der Waals surface area (Å²) in [5.41, 5.74) is 8.59. The number of hydrogen-bond acceptors (Lipinski definition) is 2. The molecule has 0 radical (unpaired) electrons. The molecule has 0 heterocycles. The van der Waals surface area contributed by atoms with E-state index < -0.39 is 0 Å². The predicted octanol–water partition coefficient (Wildman–Crippen LogP) is 3.20. The molecule has 2 nitrogen and oxygen atoms in total. The van der Waals surface area contributed by atoms with E-state index in [9.17, 15) is 0 Å². The number of unbranched alkanes of at least 4 members (excludes halogenated alkanes) is 2. The highest BCUT2D eigenvalue weighted by molar-refractivity contribution is 5.53. The zero-order chi connectivity index (χ0) is 12.7. The summed E-state index contributed by atoms with van der Waals surface area (Å²) in [5.74, 6) is 0. The van der Waals surface area contributed by atoms with Crippen LogP contribution in [0, 0.1) is 0 Å². The Labute approximate surface area is 106 Å². The van der Waals surface area contributed by atoms with Crippen LogP contribution in [0.15, 0.2) is 24.3 Å². The molecule has 0 saturated heterocycles. The SMILES string of the molecule is CCCCCN(C)c1ccccc1CC(C)N. The van der Waals surface area contributed by atoms with Crippen molar-refractivity contribution in [1.29, 1.82) is 0 Å². The Morgan fingerprint density at radius 1 is 1.24 bits per heavy atom. The minimum Gasteiger partial charge on any atom is -0.374 e. The van der Waals surface area contributed by atoms with Crippen LogP contribution in [0.5, 0.6) is 0 Å². The van der Waals surface area contributed by atoms with Crippen LogP contribution in [-0.4, -0.2) is 19.6 Å². The fourth-order valence-electron chi connectivity index (χ4n) is 2.12. The third-order valence-corrected chi connectivity index (χ3v) is 3.04. The molecule has 0 spiro atoms. The van der Waals surface area contributed by atoms with E-state index in [1.807, 2.05) is 0 Å². The summed E-state index contributed by atoms with van der Waals surface area (Å²) in [7, 11) is 2.18. The highest BCUT2D eigenvalue weighted by atomic mass is 15.1. The first-order valence-corrected chi connectivity index (χ1v) is 6.69. The van der Waals surface area contributed by atoms with Crippen molar-refractivity contribution in [2.75, 3.05) is 18.5 Å². The number of para-hydroxylation sites is 1. The van der Waals surface area contributed by atoms with Crippen LogP contribution < -0.4 is 10.6 Å². The maximum Gasteiger partial charge on any atom is 0.0396 e. The van der Waals surface area contributed by atoms with Gasteiger partial charge in [0.1, 0.15) is 0 Å². The van der Waals surface area contributed by atoms with Gasteiger partial charge >= 0.3 is 0 Å². The van der Waals surface area contributed by atoms with Crippen LogP contribution >= 0.6 is 0 Å². The van der Waals surface area contributed by atoms with E-state index in [1.54, 1.807) is 0 Å². The van der Waals surface area contributed by atoms with Crippen molar-refractivity contribution in [2.45, 2.75) is 45.6 Å². The van der Waals surface area contributed by atoms with E-state index in [4.69, 9.17) is 5.73 Å². The number of benzene rings is 1. The molecule has 2 heteroatoms. The predicted molar refractivity (Wildman–Crippen MR) is 76.6 cm³/mol. The fraction of sp³-hybridized carbons (Fsp3) is 0.600. The van der Waals surface area contributed by atoms with Gasteiger partial charge < -0.3 is 10.6 Å². The lowest BCUT2D eigenvalue weighted by Gasteiger charge is -2.23. The van der Waals surface area contributed by atoms with E-state index in [1.165, 1.54) is 30.5 Å². The lowest BCUT2D eigenvalue weighted by molar-refractivity contribution is 0.697. The number of hydrogen-bond donors (Lipinski definition) is 1. The first-order valence-electron chi connectivity index (χ1n) is 6.69. The van der Waals surface area contributed by atoms with Gasteiger partial charge in [0.2, 0.25) is 0 Å². The van der Waals surface area contributed by atoms with Crippen LogP contribution in [0.3, 0.4) is 0 Å². The molecule has 0 fully saturated rings. The Bertz CT molecular complexity index is 320. The van der Waals surface area contributed by atoms with E-state index >= 15 is 0 Å². The van der Waals surface area contributed by atoms with Gasteiger partial charge in [0.25, 0.3) is 0 Å². The third-order valence-electron chi connectivity index (χ3n) is 3.04. The summed E-state index contributed by atoms with van der Waals surface area (Å²) < 4.78 is 0. The van der Waals surface area contributed by atoms with E-state index in [-0.39, 0.29) is 6.04 Å². The minimum atomic E-state index is 0.222. The van der Waals surface area contributed by atoms with Crippen molar-refractivity contribution in [3.8, 4) is 0 Å². The summed E-state index contributed by atoms with van der Waals surface area (Å²) in [5, 5.41) is 0. The standard InChI is InChI=1S/C15H26N2/c1-4-5-8-11-17(3)15-10-7-6-9-14(15)12-13(2)16/h6-7,9-10,13H,4-5,8,11-12,16H2,1-3H3. The summed E-state index contributed by atoms with van der Waals surface area (Å²) >= 11 is 0. The van der Waals surface area contributed by atoms with Gasteiger partial charge in [-0.15, -0.1) is 0 Å². The zero-order valence-electron chi connectivity index (χ0n) is 11.4. The minimum absolute atomic E-state index is 0.222. The van der Waals surface area contributed by atoms with E-state index in [0.29, 0.717) is 0 Å². The number of nitrogens with zero attached hydrogens (tertiary/aromatic N) is 1. The van der Waals surface area contributed by atoms with Crippen LogP contribution in [0.1, 0.15) is 38.7 Å². The molecule has 0 aliphatic carbocycles. The second kappa shape index (κ2) is 7.33. The number of anilines is 1. The molecule has 1 atom stereocenters. The van der Waals surface area contributed by atoms with Crippen molar-refractivity contribution >= 4 is 5.69 Å². The molecular weight excluding hydrogens is 208 g/mol. The average molecular weight is 234 g/mol. The lowest BCUT2D eigenvalue weighted by Crippen LogP contribution is -2.23. The van der Waals surface area contributed by atoms with Crippen molar-refractivity contribution < 1.29 is 0 Å². The van der Waals surface area contributed by atoms with Crippen molar-refractivity contribution in [3.05, 3.63) is 29.8 Å². The molecule has 0 aromatic heterocycles. The molecule has 2 N–H and O–H groups in total. The summed E-state index contributed by atoms with van der Waals surface area (Å²) in [4.78, 5) is 2.35. The van der Waals surface area contributed by atoms with Gasteiger partial charge in [-0.25, -0.2) is 0 Å². The molecule has 0 saturated carbocycles. The Morgan fingerprint density at radius 3 is 2.59 bits per heavy atom. The maximum absolute atomic E-state index is 5.90. The molecule has 0 bridgehead atoms. The second-order valence-corrected chi connectivity index (χ2v) is 4.94. The first-order chi connectivity index (χ1) is 8.15. The van der Waals surface area contributed by atoms with Gasteiger partial charge in [0.05, 0.1) is 0 Å². The lowest BCUT2D eigenvalue weighted by atomic mass is 10.0. The molecule has 0 aliphatic rings. The monoisotopic (exact) mass is 234 g/mol. The Balaban J connectivity index is 2.67. The molecule has 1 aromatic carbocycles. The summed E-state index contributed by atoms with van der Waals surface area (Å²) in [6.45, 7) is 5.43. The molecule has 0 aliphatic heterocycles. The van der Waals surface area contributed by atoms with E-state index in [0.717, 1.165) is 13.0 Å². The number of rotatable bonds is 7. The first kappa shape index (κ1) is 14.0. The molecule has 1 aromatic rings. The largest absolute Gasteiger partial charge is 0.374 e. The quantitative estimate of drug-likeness (QED) is 0.734. The molecule has 96 valence electrons. The van der Waals surface area contributed by atoms with Gasteiger partial charge in [-0.1, -0.05) is 38.0 Å². The van der Waals surface area contributed by atoms with Crippen molar-refractivity contribution in [1.82, 2.24) is 0 Å². The zero-order valence-corrected chi connectivity index (χ0v) is 11.4. The Hall–Kier alpha value is -1.02. The molecule has 1 rings (SSSR count). The fourth-order valence-corrected chi connectivity index (χ4v) is 2.12. The number of nitrogens with two attached hydrogens (primary N) is 1. The Kier molecular flexibility index (Phi) is 6.06. The van der Waals surface area contributed by atoms with Gasteiger partial charge in [-0.05, 0) is 31.4 Å². The normalized spacial score (nSPS) is 12.5. The van der Waals surface area contributed by atoms with Crippen molar-refractivity contribution in [3.63, 3.8) is 0 Å². The van der Waals surface area contributed by atoms with Crippen LogP contribution in [0.4, 0.5) is 5.69 Å². The van der Waals surface area contributed by atoms with Gasteiger partial charge in [-0.3, -0.25) is 0 Å². The molecule has 0 amide bonds. The summed E-state index contributed by atoms with van der Waals surface area (Å²) in [6, 6.07) is 8.82. The van der Waals surface area contributed by atoms with Crippen LogP contribution in [0.2, 0.25) is 0 Å². The van der Waals surface area contributed by atoms with Gasteiger partial charge in [0.15, 0.2) is 0 Å². The molecule has 17 heavy (non-hydrogen) atoms. The third kappa shape index (κ3) is 4.78. The van der Waals surface area contributed by atoms with Gasteiger partial charge in [0, 0.05) is 25.3 Å². The van der Waals surface area contributed by atoms with Crippen LogP contribution in [-0.2, 0) is 6.42 Å². The maximum atomic E-state index is 5.90. The summed E-state index contributed by atoms with van der Waals surface area (Å²) in [6.07, 6.45) is 4.79. The second-order valence-electron chi connectivity index (χ2n) is 4.94.